The Balaban J connectivity index is 1.53. The third-order valence-electron chi connectivity index (χ3n) is 4.11. The zero-order valence-corrected chi connectivity index (χ0v) is 13.7. The molecule has 0 atom stereocenters. The molecule has 1 heterocycles. The van der Waals surface area contributed by atoms with Gasteiger partial charge >= 0.3 is 6.03 Å². The van der Waals surface area contributed by atoms with E-state index < -0.39 is 0 Å². The van der Waals surface area contributed by atoms with E-state index >= 15 is 0 Å². The normalized spacial score (nSPS) is 14.1. The van der Waals surface area contributed by atoms with E-state index in [0.717, 1.165) is 16.8 Å². The molecule has 24 heavy (non-hydrogen) atoms. The number of aryl methyl sites for hydroxylation is 1. The van der Waals surface area contributed by atoms with Gasteiger partial charge < -0.3 is 10.2 Å². The number of benzene rings is 2. The van der Waals surface area contributed by atoms with Crippen LogP contribution >= 0.6 is 0 Å². The van der Waals surface area contributed by atoms with Crippen molar-refractivity contribution >= 4 is 17.6 Å². The summed E-state index contributed by atoms with van der Waals surface area (Å²) in [6.45, 7) is 3.75. The zero-order valence-electron chi connectivity index (χ0n) is 13.7. The van der Waals surface area contributed by atoms with Crippen LogP contribution < -0.4 is 10.2 Å². The van der Waals surface area contributed by atoms with Crippen molar-refractivity contribution in [3.05, 3.63) is 65.7 Å². The van der Waals surface area contributed by atoms with E-state index in [0.29, 0.717) is 19.6 Å². The van der Waals surface area contributed by atoms with Crippen LogP contribution in [-0.2, 0) is 11.3 Å². The molecular formula is C19H21N3O2. The highest BCUT2D eigenvalue weighted by molar-refractivity contribution is 5.96. The SMILES string of the molecule is Cc1ccc(N2CCN(CC(=O)NCc3ccccc3)C2=O)cc1. The molecule has 1 N–H and O–H groups in total. The minimum Gasteiger partial charge on any atom is -0.350 e. The second-order valence-electron chi connectivity index (χ2n) is 5.95. The Morgan fingerprint density at radius 3 is 2.46 bits per heavy atom. The molecule has 2 aromatic rings. The van der Waals surface area contributed by atoms with Crippen LogP contribution in [0.3, 0.4) is 0 Å². The van der Waals surface area contributed by atoms with Crippen LogP contribution in [0.25, 0.3) is 0 Å². The Kier molecular flexibility index (Phi) is 4.79. The quantitative estimate of drug-likeness (QED) is 0.919. The van der Waals surface area contributed by atoms with Gasteiger partial charge in [-0.3, -0.25) is 9.69 Å². The summed E-state index contributed by atoms with van der Waals surface area (Å²) in [7, 11) is 0. The first-order valence-electron chi connectivity index (χ1n) is 8.07. The summed E-state index contributed by atoms with van der Waals surface area (Å²) in [4.78, 5) is 27.9. The van der Waals surface area contributed by atoms with Gasteiger partial charge in [0.15, 0.2) is 0 Å². The minimum absolute atomic E-state index is 0.0913. The molecular weight excluding hydrogens is 302 g/mol. The first-order valence-corrected chi connectivity index (χ1v) is 8.07. The maximum absolute atomic E-state index is 12.5. The highest BCUT2D eigenvalue weighted by Gasteiger charge is 2.30. The summed E-state index contributed by atoms with van der Waals surface area (Å²) in [5.74, 6) is -0.141. The molecule has 124 valence electrons. The maximum atomic E-state index is 12.5. The fraction of sp³-hybridized carbons (Fsp3) is 0.263. The molecule has 0 unspecified atom stereocenters. The van der Waals surface area contributed by atoms with Crippen molar-refractivity contribution in [2.45, 2.75) is 13.5 Å². The van der Waals surface area contributed by atoms with Gasteiger partial charge in [-0.2, -0.15) is 0 Å². The van der Waals surface area contributed by atoms with Gasteiger partial charge in [0.25, 0.3) is 0 Å². The summed E-state index contributed by atoms with van der Waals surface area (Å²) in [6.07, 6.45) is 0. The average molecular weight is 323 g/mol. The number of nitrogens with one attached hydrogen (secondary N) is 1. The number of carbonyl (C=O) groups excluding carboxylic acids is 2. The fourth-order valence-electron chi connectivity index (χ4n) is 2.72. The highest BCUT2D eigenvalue weighted by atomic mass is 16.2. The molecule has 0 saturated carbocycles. The molecule has 0 radical (unpaired) electrons. The summed E-state index contributed by atoms with van der Waals surface area (Å²) in [6, 6.07) is 17.5. The number of anilines is 1. The fourth-order valence-corrected chi connectivity index (χ4v) is 2.72. The third kappa shape index (κ3) is 3.74. The van der Waals surface area contributed by atoms with Gasteiger partial charge in [-0.25, -0.2) is 4.79 Å². The lowest BCUT2D eigenvalue weighted by atomic mass is 10.2. The second-order valence-corrected chi connectivity index (χ2v) is 5.95. The molecule has 0 aliphatic carbocycles. The van der Waals surface area contributed by atoms with Gasteiger partial charge in [0.2, 0.25) is 5.91 Å². The molecule has 3 amide bonds. The predicted octanol–water partition coefficient (Wildman–Crippen LogP) is 2.55. The van der Waals surface area contributed by atoms with Gasteiger partial charge in [-0.1, -0.05) is 48.0 Å². The highest BCUT2D eigenvalue weighted by Crippen LogP contribution is 2.20. The van der Waals surface area contributed by atoms with E-state index in [2.05, 4.69) is 5.32 Å². The zero-order chi connectivity index (χ0) is 16.9. The number of carbonyl (C=O) groups is 2. The van der Waals surface area contributed by atoms with Gasteiger partial charge in [-0.15, -0.1) is 0 Å². The van der Waals surface area contributed by atoms with E-state index in [1.807, 2.05) is 61.5 Å². The van der Waals surface area contributed by atoms with E-state index in [1.54, 1.807) is 9.80 Å². The molecule has 2 aromatic carbocycles. The minimum atomic E-state index is -0.141. The van der Waals surface area contributed by atoms with Crippen molar-refractivity contribution in [3.63, 3.8) is 0 Å². The van der Waals surface area contributed by atoms with Crippen LogP contribution in [0.2, 0.25) is 0 Å². The van der Waals surface area contributed by atoms with Crippen molar-refractivity contribution in [1.29, 1.82) is 0 Å². The number of urea groups is 1. The Hall–Kier alpha value is -2.82. The molecule has 1 saturated heterocycles. The van der Waals surface area contributed by atoms with Gasteiger partial charge in [-0.05, 0) is 24.6 Å². The number of nitrogens with zero attached hydrogens (tertiary/aromatic N) is 2. The topological polar surface area (TPSA) is 52.6 Å². The standard InChI is InChI=1S/C19H21N3O2/c1-15-7-9-17(10-8-15)22-12-11-21(19(22)24)14-18(23)20-13-16-5-3-2-4-6-16/h2-10H,11-14H2,1H3,(H,20,23). The van der Waals surface area contributed by atoms with Crippen LogP contribution in [0.1, 0.15) is 11.1 Å². The molecule has 1 aliphatic heterocycles. The summed E-state index contributed by atoms with van der Waals surface area (Å²) in [5.41, 5.74) is 3.07. The van der Waals surface area contributed by atoms with Crippen LogP contribution in [0.15, 0.2) is 54.6 Å². The Morgan fingerprint density at radius 1 is 1.04 bits per heavy atom. The molecule has 0 bridgehead atoms. The molecule has 1 fully saturated rings. The van der Waals surface area contributed by atoms with E-state index in [-0.39, 0.29) is 18.5 Å². The molecule has 5 nitrogen and oxygen atoms in total. The molecule has 5 heteroatoms. The van der Waals surface area contributed by atoms with Crippen molar-refractivity contribution in [2.24, 2.45) is 0 Å². The first kappa shape index (κ1) is 16.1. The number of hydrogen-bond acceptors (Lipinski definition) is 2. The van der Waals surface area contributed by atoms with Gasteiger partial charge in [0, 0.05) is 25.3 Å². The molecule has 1 aliphatic rings. The third-order valence-corrected chi connectivity index (χ3v) is 4.11. The Bertz CT molecular complexity index is 713. The summed E-state index contributed by atoms with van der Waals surface area (Å²) >= 11 is 0. The van der Waals surface area contributed by atoms with Gasteiger partial charge in [0.05, 0.1) is 0 Å². The van der Waals surface area contributed by atoms with Crippen LogP contribution in [0.4, 0.5) is 10.5 Å². The van der Waals surface area contributed by atoms with Crippen LogP contribution in [0, 0.1) is 6.92 Å². The van der Waals surface area contributed by atoms with Crippen molar-refractivity contribution < 1.29 is 9.59 Å². The number of rotatable bonds is 5. The summed E-state index contributed by atoms with van der Waals surface area (Å²) in [5, 5.41) is 2.86. The average Bonchev–Trinajstić information content (AvgIpc) is 2.95. The van der Waals surface area contributed by atoms with Crippen molar-refractivity contribution in [2.75, 3.05) is 24.5 Å². The second kappa shape index (κ2) is 7.17. The van der Waals surface area contributed by atoms with Crippen molar-refractivity contribution in [3.8, 4) is 0 Å². The lowest BCUT2D eigenvalue weighted by molar-refractivity contribution is -0.121. The number of hydrogen-bond donors (Lipinski definition) is 1. The monoisotopic (exact) mass is 323 g/mol. The summed E-state index contributed by atoms with van der Waals surface area (Å²) < 4.78 is 0. The molecule has 3 rings (SSSR count). The Morgan fingerprint density at radius 2 is 1.75 bits per heavy atom. The van der Waals surface area contributed by atoms with Crippen LogP contribution in [-0.4, -0.2) is 36.5 Å². The van der Waals surface area contributed by atoms with Crippen molar-refractivity contribution in [1.82, 2.24) is 10.2 Å². The van der Waals surface area contributed by atoms with Gasteiger partial charge in [0.1, 0.15) is 6.54 Å². The van der Waals surface area contributed by atoms with E-state index in [1.165, 1.54) is 0 Å². The Labute approximate surface area is 141 Å². The smallest absolute Gasteiger partial charge is 0.325 e. The predicted molar refractivity (Wildman–Crippen MR) is 93.8 cm³/mol. The van der Waals surface area contributed by atoms with E-state index in [9.17, 15) is 9.59 Å². The number of amides is 3. The molecule has 0 spiro atoms. The molecule has 0 aromatic heterocycles. The lowest BCUT2D eigenvalue weighted by Crippen LogP contribution is -2.39. The maximum Gasteiger partial charge on any atom is 0.325 e. The largest absolute Gasteiger partial charge is 0.350 e. The van der Waals surface area contributed by atoms with Crippen LogP contribution in [0.5, 0.6) is 0 Å². The van der Waals surface area contributed by atoms with E-state index in [4.69, 9.17) is 0 Å². The lowest BCUT2D eigenvalue weighted by Gasteiger charge is -2.18. The first-order chi connectivity index (χ1) is 11.6.